The van der Waals surface area contributed by atoms with Crippen LogP contribution in [0.4, 0.5) is 13.2 Å². The molecule has 1 fully saturated rings. The van der Waals surface area contributed by atoms with Gasteiger partial charge in [0.25, 0.3) is 0 Å². The van der Waals surface area contributed by atoms with E-state index in [1.54, 1.807) is 6.07 Å². The summed E-state index contributed by atoms with van der Waals surface area (Å²) in [5.74, 6) is 0.372. The Hall–Kier alpha value is -1.74. The van der Waals surface area contributed by atoms with Crippen molar-refractivity contribution in [2.75, 3.05) is 6.61 Å². The smallest absolute Gasteiger partial charge is 0.359 e. The van der Waals surface area contributed by atoms with Crippen molar-refractivity contribution in [3.05, 3.63) is 29.8 Å². The molecule has 0 amide bonds. The number of pyridine rings is 1. The molecule has 1 aliphatic rings. The fraction of sp³-hybridized carbons (Fsp3) is 0.588. The minimum Gasteiger partial charge on any atom is -0.359 e. The lowest BCUT2D eigenvalue weighted by Gasteiger charge is -2.15. The van der Waals surface area contributed by atoms with E-state index in [1.165, 1.54) is 11.0 Å². The molecule has 1 saturated carbocycles. The van der Waals surface area contributed by atoms with E-state index in [4.69, 9.17) is 4.74 Å². The molecule has 5 nitrogen and oxygen atoms in total. The van der Waals surface area contributed by atoms with Gasteiger partial charge in [-0.25, -0.2) is 14.6 Å². The molecule has 0 atom stereocenters. The van der Waals surface area contributed by atoms with Gasteiger partial charge < -0.3 is 4.74 Å². The summed E-state index contributed by atoms with van der Waals surface area (Å²) in [5.41, 5.74) is -0.0766. The lowest BCUT2D eigenvalue weighted by Crippen LogP contribution is -2.22. The number of hydrogen-bond donors (Lipinski definition) is 0. The summed E-state index contributed by atoms with van der Waals surface area (Å²) >= 11 is 0. The molecule has 0 aliphatic heterocycles. The van der Waals surface area contributed by atoms with E-state index in [9.17, 15) is 13.2 Å². The monoisotopic (exact) mass is 384 g/mol. The molecule has 9 heteroatoms. The van der Waals surface area contributed by atoms with Gasteiger partial charge in [-0.2, -0.15) is 13.2 Å². The van der Waals surface area contributed by atoms with E-state index in [-0.39, 0.29) is 18.5 Å². The first-order chi connectivity index (χ1) is 12.1. The van der Waals surface area contributed by atoms with Crippen molar-refractivity contribution in [3.8, 4) is 11.4 Å². The third-order valence-electron chi connectivity index (χ3n) is 4.15. The highest BCUT2D eigenvalue weighted by molar-refractivity contribution is 6.76. The maximum absolute atomic E-state index is 13.1. The van der Waals surface area contributed by atoms with Crippen LogP contribution in [0.1, 0.15) is 30.1 Å². The fourth-order valence-corrected chi connectivity index (χ4v) is 3.20. The van der Waals surface area contributed by atoms with Gasteiger partial charge in [-0.1, -0.05) is 19.6 Å². The molecule has 26 heavy (non-hydrogen) atoms. The number of nitrogens with zero attached hydrogens (tertiary/aromatic N) is 4. The second-order valence-electron chi connectivity index (χ2n) is 7.89. The van der Waals surface area contributed by atoms with Gasteiger partial charge in [0, 0.05) is 31.9 Å². The summed E-state index contributed by atoms with van der Waals surface area (Å²) in [5, 5.41) is 4.26. The Bertz CT molecular complexity index is 766. The average molecular weight is 384 g/mol. The summed E-state index contributed by atoms with van der Waals surface area (Å²) < 4.78 is 46.5. The van der Waals surface area contributed by atoms with Crippen LogP contribution >= 0.6 is 0 Å². The highest BCUT2D eigenvalue weighted by Crippen LogP contribution is 2.41. The van der Waals surface area contributed by atoms with Gasteiger partial charge in [0.1, 0.15) is 18.8 Å². The van der Waals surface area contributed by atoms with Crippen LogP contribution in [-0.2, 0) is 17.6 Å². The second kappa shape index (κ2) is 7.11. The molecule has 0 unspecified atom stereocenters. The van der Waals surface area contributed by atoms with Gasteiger partial charge in [-0.3, -0.25) is 0 Å². The fourth-order valence-electron chi connectivity index (χ4n) is 2.44. The Morgan fingerprint density at radius 1 is 1.23 bits per heavy atom. The standard InChI is InChI=1S/C17H23F3N4OSi/c1-26(2,3)7-6-25-11-24-10-21-16(23-24)13-8-14(12-4-5-12)22-15(9-13)17(18,19)20/h8-10,12H,4-7,11H2,1-3H3. The Kier molecular flexibility index (Phi) is 5.20. The molecule has 3 rings (SSSR count). The molecule has 2 heterocycles. The van der Waals surface area contributed by atoms with Crippen LogP contribution < -0.4 is 0 Å². The molecule has 0 radical (unpaired) electrons. The molecular weight excluding hydrogens is 361 g/mol. The molecule has 0 aromatic carbocycles. The lowest BCUT2D eigenvalue weighted by atomic mass is 10.1. The van der Waals surface area contributed by atoms with Crippen molar-refractivity contribution < 1.29 is 17.9 Å². The van der Waals surface area contributed by atoms with E-state index in [0.717, 1.165) is 25.0 Å². The van der Waals surface area contributed by atoms with Gasteiger partial charge >= 0.3 is 6.18 Å². The van der Waals surface area contributed by atoms with Crippen LogP contribution in [0, 0.1) is 0 Å². The summed E-state index contributed by atoms with van der Waals surface area (Å²) in [6.07, 6.45) is -1.25. The number of ether oxygens (including phenoxy) is 1. The molecule has 0 saturated heterocycles. The van der Waals surface area contributed by atoms with E-state index in [0.29, 0.717) is 17.9 Å². The van der Waals surface area contributed by atoms with Crippen LogP contribution in [0.2, 0.25) is 25.7 Å². The van der Waals surface area contributed by atoms with Gasteiger partial charge in [0.15, 0.2) is 5.82 Å². The van der Waals surface area contributed by atoms with Gasteiger partial charge in [-0.15, -0.1) is 5.10 Å². The first-order valence-electron chi connectivity index (χ1n) is 8.68. The van der Waals surface area contributed by atoms with Crippen molar-refractivity contribution in [1.82, 2.24) is 19.7 Å². The van der Waals surface area contributed by atoms with Crippen LogP contribution in [0.25, 0.3) is 11.4 Å². The molecule has 1 aliphatic carbocycles. The quantitative estimate of drug-likeness (QED) is 0.519. The van der Waals surface area contributed by atoms with Crippen LogP contribution in [0.5, 0.6) is 0 Å². The highest BCUT2D eigenvalue weighted by Gasteiger charge is 2.35. The van der Waals surface area contributed by atoms with Crippen molar-refractivity contribution in [3.63, 3.8) is 0 Å². The van der Waals surface area contributed by atoms with Crippen LogP contribution in [-0.4, -0.2) is 34.4 Å². The molecule has 2 aromatic heterocycles. The van der Waals surface area contributed by atoms with Crippen molar-refractivity contribution in [2.24, 2.45) is 0 Å². The summed E-state index contributed by atoms with van der Waals surface area (Å²) in [6.45, 7) is 7.68. The molecular formula is C17H23F3N4OSi. The predicted molar refractivity (Wildman–Crippen MR) is 94.3 cm³/mol. The number of rotatable bonds is 7. The Balaban J connectivity index is 1.73. The van der Waals surface area contributed by atoms with Gasteiger partial charge in [0.05, 0.1) is 0 Å². The second-order valence-corrected chi connectivity index (χ2v) is 13.5. The third-order valence-corrected chi connectivity index (χ3v) is 5.85. The summed E-state index contributed by atoms with van der Waals surface area (Å²) in [7, 11) is -1.16. The van der Waals surface area contributed by atoms with Crippen molar-refractivity contribution in [2.45, 2.75) is 57.4 Å². The minimum absolute atomic E-state index is 0.114. The average Bonchev–Trinajstić information content (AvgIpc) is 3.28. The zero-order valence-corrected chi connectivity index (χ0v) is 16.2. The zero-order chi connectivity index (χ0) is 18.9. The molecule has 2 aromatic rings. The van der Waals surface area contributed by atoms with Crippen molar-refractivity contribution in [1.29, 1.82) is 0 Å². The van der Waals surface area contributed by atoms with Gasteiger partial charge in [0.2, 0.25) is 0 Å². The van der Waals surface area contributed by atoms with Gasteiger partial charge in [-0.05, 0) is 31.0 Å². The lowest BCUT2D eigenvalue weighted by molar-refractivity contribution is -0.141. The highest BCUT2D eigenvalue weighted by atomic mass is 28.3. The summed E-state index contributed by atoms with van der Waals surface area (Å²) in [6, 6.07) is 3.72. The topological polar surface area (TPSA) is 52.8 Å². The number of alkyl halides is 3. The Labute approximate surface area is 151 Å². The van der Waals surface area contributed by atoms with E-state index < -0.39 is 19.9 Å². The van der Waals surface area contributed by atoms with Crippen molar-refractivity contribution >= 4 is 8.07 Å². The molecule has 142 valence electrons. The third kappa shape index (κ3) is 5.13. The Morgan fingerprint density at radius 2 is 1.96 bits per heavy atom. The Morgan fingerprint density at radius 3 is 2.58 bits per heavy atom. The molecule has 0 spiro atoms. The van der Waals surface area contributed by atoms with Crippen LogP contribution in [0.3, 0.4) is 0 Å². The SMILES string of the molecule is C[Si](C)(C)CCOCn1cnc(-c2cc(C3CC3)nc(C(F)(F)F)c2)n1. The van der Waals surface area contributed by atoms with E-state index in [2.05, 4.69) is 34.7 Å². The predicted octanol–water partition coefficient (Wildman–Crippen LogP) is 4.55. The minimum atomic E-state index is -4.48. The number of hydrogen-bond acceptors (Lipinski definition) is 4. The molecule has 0 N–H and O–H groups in total. The normalized spacial score (nSPS) is 15.5. The maximum Gasteiger partial charge on any atom is 0.433 e. The first kappa shape index (κ1) is 19.0. The zero-order valence-electron chi connectivity index (χ0n) is 15.2. The largest absolute Gasteiger partial charge is 0.433 e. The number of halogens is 3. The maximum atomic E-state index is 13.1. The van der Waals surface area contributed by atoms with E-state index in [1.807, 2.05) is 0 Å². The van der Waals surface area contributed by atoms with Crippen LogP contribution in [0.15, 0.2) is 18.5 Å². The summed E-state index contributed by atoms with van der Waals surface area (Å²) in [4.78, 5) is 7.92. The molecule has 0 bridgehead atoms. The van der Waals surface area contributed by atoms with E-state index >= 15 is 0 Å². The first-order valence-corrected chi connectivity index (χ1v) is 12.4. The number of aromatic nitrogens is 4.